The van der Waals surface area contributed by atoms with Crippen LogP contribution in [0.25, 0.3) is 0 Å². The van der Waals surface area contributed by atoms with Crippen LogP contribution >= 0.6 is 0 Å². The molecule has 1 unspecified atom stereocenters. The maximum atomic E-state index is 11.5. The Bertz CT molecular complexity index is 169. The van der Waals surface area contributed by atoms with Crippen molar-refractivity contribution in [1.82, 2.24) is 4.90 Å². The maximum Gasteiger partial charge on any atom is 0.228 e. The highest BCUT2D eigenvalue weighted by molar-refractivity contribution is 5.83. The number of nitrogens with zero attached hydrogens (tertiary/aromatic N) is 1. The Morgan fingerprint density at radius 1 is 1.55 bits per heavy atom. The Morgan fingerprint density at radius 2 is 2.09 bits per heavy atom. The molecule has 1 atom stereocenters. The van der Waals surface area contributed by atoms with Crippen molar-refractivity contribution in [3.63, 3.8) is 0 Å². The van der Waals surface area contributed by atoms with Crippen LogP contribution < -0.4 is 0 Å². The second-order valence-electron chi connectivity index (χ2n) is 4.27. The molecule has 0 N–H and O–H groups in total. The fourth-order valence-corrected chi connectivity index (χ4v) is 1.21. The van der Waals surface area contributed by atoms with E-state index in [-0.39, 0.29) is 5.41 Å². The van der Waals surface area contributed by atoms with Gasteiger partial charge < -0.3 is 4.90 Å². The predicted molar refractivity (Wildman–Crippen MR) is 45.2 cm³/mol. The van der Waals surface area contributed by atoms with Gasteiger partial charge in [0.05, 0.1) is 0 Å². The van der Waals surface area contributed by atoms with Crippen molar-refractivity contribution >= 4 is 5.91 Å². The molecule has 0 bridgehead atoms. The highest BCUT2D eigenvalue weighted by Gasteiger charge is 2.41. The first-order chi connectivity index (χ1) is 4.96. The summed E-state index contributed by atoms with van der Waals surface area (Å²) < 4.78 is 0. The van der Waals surface area contributed by atoms with E-state index in [0.29, 0.717) is 11.9 Å². The van der Waals surface area contributed by atoms with Crippen LogP contribution in [-0.4, -0.2) is 23.4 Å². The molecule has 1 saturated heterocycles. The Labute approximate surface area is 68.6 Å². The van der Waals surface area contributed by atoms with Crippen LogP contribution in [0.5, 0.6) is 0 Å². The second kappa shape index (κ2) is 2.50. The molecule has 1 aliphatic heterocycles. The number of hydrogen-bond donors (Lipinski definition) is 0. The lowest BCUT2D eigenvalue weighted by Crippen LogP contribution is -2.28. The summed E-state index contributed by atoms with van der Waals surface area (Å²) in [6.45, 7) is 9.02. The van der Waals surface area contributed by atoms with Gasteiger partial charge in [0.1, 0.15) is 0 Å². The minimum absolute atomic E-state index is 0.191. The van der Waals surface area contributed by atoms with Crippen LogP contribution in [0.2, 0.25) is 0 Å². The molecule has 1 amide bonds. The van der Waals surface area contributed by atoms with E-state index in [2.05, 4.69) is 6.92 Å². The summed E-state index contributed by atoms with van der Waals surface area (Å²) in [4.78, 5) is 13.5. The number of carbonyl (C=O) groups is 1. The van der Waals surface area contributed by atoms with Gasteiger partial charge in [0.2, 0.25) is 5.91 Å². The number of carbonyl (C=O) groups excluding carboxylic acids is 1. The average Bonchev–Trinajstić information content (AvgIpc) is 2.62. The fraction of sp³-hybridized carbons (Fsp3) is 0.889. The minimum Gasteiger partial charge on any atom is -0.335 e. The summed E-state index contributed by atoms with van der Waals surface area (Å²) in [7, 11) is 0. The summed E-state index contributed by atoms with van der Waals surface area (Å²) in [5.41, 5.74) is -0.191. The van der Waals surface area contributed by atoms with E-state index in [4.69, 9.17) is 0 Å². The molecule has 0 aromatic rings. The van der Waals surface area contributed by atoms with Crippen molar-refractivity contribution in [2.24, 2.45) is 5.41 Å². The smallest absolute Gasteiger partial charge is 0.228 e. The largest absolute Gasteiger partial charge is 0.335 e. The second-order valence-corrected chi connectivity index (χ2v) is 4.27. The summed E-state index contributed by atoms with van der Waals surface area (Å²) >= 11 is 0. The van der Waals surface area contributed by atoms with E-state index in [1.54, 1.807) is 0 Å². The van der Waals surface area contributed by atoms with Gasteiger partial charge in [-0.05, 0) is 6.42 Å². The Balaban J connectivity index is 2.46. The molecule has 64 valence electrons. The van der Waals surface area contributed by atoms with Gasteiger partial charge in [0.15, 0.2) is 0 Å². The van der Waals surface area contributed by atoms with Crippen LogP contribution in [0, 0.1) is 5.41 Å². The monoisotopic (exact) mass is 155 g/mol. The van der Waals surface area contributed by atoms with Crippen molar-refractivity contribution in [1.29, 1.82) is 0 Å². The molecule has 0 aromatic carbocycles. The first-order valence-electron chi connectivity index (χ1n) is 4.28. The van der Waals surface area contributed by atoms with Crippen molar-refractivity contribution in [2.45, 2.75) is 40.2 Å². The summed E-state index contributed by atoms with van der Waals surface area (Å²) in [6, 6.07) is 0.543. The van der Waals surface area contributed by atoms with Crippen molar-refractivity contribution in [2.75, 3.05) is 6.54 Å². The molecule has 11 heavy (non-hydrogen) atoms. The van der Waals surface area contributed by atoms with E-state index in [9.17, 15) is 4.79 Å². The third-order valence-corrected chi connectivity index (χ3v) is 2.09. The molecule has 0 aromatic heterocycles. The number of hydrogen-bond acceptors (Lipinski definition) is 1. The molecular weight excluding hydrogens is 138 g/mol. The van der Waals surface area contributed by atoms with Crippen molar-refractivity contribution in [3.8, 4) is 0 Å². The van der Waals surface area contributed by atoms with Gasteiger partial charge in [-0.2, -0.15) is 0 Å². The summed E-state index contributed by atoms with van der Waals surface area (Å²) in [5.74, 6) is 0.296. The van der Waals surface area contributed by atoms with Gasteiger partial charge in [-0.3, -0.25) is 4.79 Å². The molecule has 1 fully saturated rings. The first-order valence-corrected chi connectivity index (χ1v) is 4.28. The Morgan fingerprint density at radius 3 is 2.36 bits per heavy atom. The van der Waals surface area contributed by atoms with Gasteiger partial charge in [0, 0.05) is 18.0 Å². The minimum atomic E-state index is -0.191. The van der Waals surface area contributed by atoms with Gasteiger partial charge in [-0.1, -0.05) is 27.7 Å². The Kier molecular flexibility index (Phi) is 1.95. The van der Waals surface area contributed by atoms with Gasteiger partial charge >= 0.3 is 0 Å². The van der Waals surface area contributed by atoms with Crippen molar-refractivity contribution < 1.29 is 4.79 Å². The van der Waals surface area contributed by atoms with E-state index in [0.717, 1.165) is 13.0 Å². The van der Waals surface area contributed by atoms with Crippen LogP contribution in [0.15, 0.2) is 0 Å². The van der Waals surface area contributed by atoms with E-state index in [1.165, 1.54) is 0 Å². The normalized spacial score (nSPS) is 23.6. The molecule has 0 aliphatic carbocycles. The number of rotatable bonds is 1. The maximum absolute atomic E-state index is 11.5. The average molecular weight is 155 g/mol. The topological polar surface area (TPSA) is 20.1 Å². The van der Waals surface area contributed by atoms with E-state index in [1.807, 2.05) is 25.7 Å². The highest BCUT2D eigenvalue weighted by atomic mass is 16.2. The molecule has 2 heteroatoms. The third kappa shape index (κ3) is 1.73. The zero-order chi connectivity index (χ0) is 8.65. The Hall–Kier alpha value is -0.530. The molecule has 1 heterocycles. The van der Waals surface area contributed by atoms with E-state index < -0.39 is 0 Å². The zero-order valence-electron chi connectivity index (χ0n) is 7.85. The molecule has 0 radical (unpaired) electrons. The van der Waals surface area contributed by atoms with E-state index >= 15 is 0 Å². The molecular formula is C9H17NO. The van der Waals surface area contributed by atoms with Crippen LogP contribution in [0.4, 0.5) is 0 Å². The molecule has 0 saturated carbocycles. The van der Waals surface area contributed by atoms with Crippen molar-refractivity contribution in [3.05, 3.63) is 0 Å². The van der Waals surface area contributed by atoms with Gasteiger partial charge in [0.25, 0.3) is 0 Å². The highest BCUT2D eigenvalue weighted by Crippen LogP contribution is 2.28. The lowest BCUT2D eigenvalue weighted by Gasteiger charge is -2.17. The van der Waals surface area contributed by atoms with Crippen LogP contribution in [0.3, 0.4) is 0 Å². The quantitative estimate of drug-likeness (QED) is 0.527. The molecule has 1 aliphatic rings. The summed E-state index contributed by atoms with van der Waals surface area (Å²) in [5, 5.41) is 0. The number of amides is 1. The summed E-state index contributed by atoms with van der Waals surface area (Å²) in [6.07, 6.45) is 1.10. The lowest BCUT2D eigenvalue weighted by molar-refractivity contribution is -0.134. The van der Waals surface area contributed by atoms with Crippen LogP contribution in [-0.2, 0) is 4.79 Å². The van der Waals surface area contributed by atoms with Gasteiger partial charge in [-0.15, -0.1) is 0 Å². The van der Waals surface area contributed by atoms with Crippen LogP contribution in [0.1, 0.15) is 34.1 Å². The third-order valence-electron chi connectivity index (χ3n) is 2.09. The molecule has 1 rings (SSSR count). The fourth-order valence-electron chi connectivity index (χ4n) is 1.21. The predicted octanol–water partition coefficient (Wildman–Crippen LogP) is 1.65. The lowest BCUT2D eigenvalue weighted by atomic mass is 9.96. The molecule has 2 nitrogen and oxygen atoms in total. The first kappa shape index (κ1) is 8.57. The van der Waals surface area contributed by atoms with Gasteiger partial charge in [-0.25, -0.2) is 0 Å². The SMILES string of the molecule is CCC1CN1C(=O)C(C)(C)C. The standard InChI is InChI=1S/C9H17NO/c1-5-7-6-10(7)8(11)9(2,3)4/h7H,5-6H2,1-4H3. The molecule has 0 spiro atoms. The zero-order valence-corrected chi connectivity index (χ0v) is 7.85.